The zero-order valence-electron chi connectivity index (χ0n) is 13.0. The second kappa shape index (κ2) is 6.11. The molecular formula is C16H19N5O. The maximum atomic E-state index is 5.11. The average molecular weight is 297 g/mol. The molecule has 0 aliphatic heterocycles. The topological polar surface area (TPSA) is 64.9 Å². The first-order chi connectivity index (χ1) is 10.7. The number of anilines is 2. The zero-order chi connectivity index (χ0) is 15.5. The van der Waals surface area contributed by atoms with Gasteiger partial charge in [0.1, 0.15) is 6.33 Å². The van der Waals surface area contributed by atoms with E-state index in [1.807, 2.05) is 4.57 Å². The summed E-state index contributed by atoms with van der Waals surface area (Å²) < 4.78 is 7.07. The zero-order valence-corrected chi connectivity index (χ0v) is 13.0. The Balaban J connectivity index is 1.95. The fourth-order valence-electron chi connectivity index (χ4n) is 2.51. The molecular weight excluding hydrogens is 278 g/mol. The lowest BCUT2D eigenvalue weighted by atomic mass is 10.1. The molecule has 0 saturated carbocycles. The standard InChI is InChI=1S/C16H19N5O/c1-11-6-12(2)8-13(7-11)20-15-14-16(18-9-17-15)21(10-19-14)4-5-22-3/h6-10H,4-5H2,1-3H3,(H,17,18,20). The van der Waals surface area contributed by atoms with Gasteiger partial charge in [-0.1, -0.05) is 6.07 Å². The van der Waals surface area contributed by atoms with Gasteiger partial charge in [-0.2, -0.15) is 0 Å². The van der Waals surface area contributed by atoms with Gasteiger partial charge in [0.15, 0.2) is 17.0 Å². The Kier molecular flexibility index (Phi) is 4.02. The highest BCUT2D eigenvalue weighted by atomic mass is 16.5. The number of fused-ring (bicyclic) bond motifs is 1. The molecule has 3 rings (SSSR count). The summed E-state index contributed by atoms with van der Waals surface area (Å²) >= 11 is 0. The van der Waals surface area contributed by atoms with Crippen LogP contribution in [0.15, 0.2) is 30.9 Å². The van der Waals surface area contributed by atoms with Crippen molar-refractivity contribution in [1.82, 2.24) is 19.5 Å². The number of ether oxygens (including phenoxy) is 1. The number of hydrogen-bond donors (Lipinski definition) is 1. The van der Waals surface area contributed by atoms with E-state index in [1.165, 1.54) is 11.1 Å². The van der Waals surface area contributed by atoms with E-state index < -0.39 is 0 Å². The number of nitrogens with one attached hydrogen (secondary N) is 1. The molecule has 0 aliphatic carbocycles. The van der Waals surface area contributed by atoms with Gasteiger partial charge in [0, 0.05) is 19.3 Å². The quantitative estimate of drug-likeness (QED) is 0.784. The summed E-state index contributed by atoms with van der Waals surface area (Å²) in [5.74, 6) is 0.714. The van der Waals surface area contributed by atoms with E-state index in [-0.39, 0.29) is 0 Å². The molecule has 0 saturated heterocycles. The predicted octanol–water partition coefficient (Wildman–Crippen LogP) is 2.83. The first kappa shape index (κ1) is 14.5. The molecule has 2 heterocycles. The van der Waals surface area contributed by atoms with Crippen LogP contribution in [0.5, 0.6) is 0 Å². The molecule has 0 aliphatic rings. The van der Waals surface area contributed by atoms with Crippen LogP contribution in [0.3, 0.4) is 0 Å². The van der Waals surface area contributed by atoms with Gasteiger partial charge in [-0.15, -0.1) is 0 Å². The van der Waals surface area contributed by atoms with Crippen LogP contribution in [-0.2, 0) is 11.3 Å². The second-order valence-corrected chi connectivity index (χ2v) is 5.33. The molecule has 0 atom stereocenters. The van der Waals surface area contributed by atoms with Crippen LogP contribution < -0.4 is 5.32 Å². The Morgan fingerprint density at radius 1 is 1.09 bits per heavy atom. The van der Waals surface area contributed by atoms with E-state index in [4.69, 9.17) is 4.74 Å². The van der Waals surface area contributed by atoms with Crippen molar-refractivity contribution in [1.29, 1.82) is 0 Å². The second-order valence-electron chi connectivity index (χ2n) is 5.33. The van der Waals surface area contributed by atoms with Crippen LogP contribution >= 0.6 is 0 Å². The van der Waals surface area contributed by atoms with E-state index in [2.05, 4.69) is 52.3 Å². The molecule has 0 unspecified atom stereocenters. The van der Waals surface area contributed by atoms with Gasteiger partial charge < -0.3 is 14.6 Å². The molecule has 3 aromatic rings. The van der Waals surface area contributed by atoms with Gasteiger partial charge >= 0.3 is 0 Å². The fraction of sp³-hybridized carbons (Fsp3) is 0.312. The third-order valence-corrected chi connectivity index (χ3v) is 3.42. The first-order valence-electron chi connectivity index (χ1n) is 7.17. The summed E-state index contributed by atoms with van der Waals surface area (Å²) in [6, 6.07) is 6.31. The summed E-state index contributed by atoms with van der Waals surface area (Å²) in [4.78, 5) is 13.1. The Morgan fingerprint density at radius 2 is 1.86 bits per heavy atom. The van der Waals surface area contributed by atoms with E-state index in [1.54, 1.807) is 19.8 Å². The summed E-state index contributed by atoms with van der Waals surface area (Å²) in [5.41, 5.74) is 4.98. The monoisotopic (exact) mass is 297 g/mol. The molecule has 0 spiro atoms. The van der Waals surface area contributed by atoms with Crippen molar-refractivity contribution < 1.29 is 4.74 Å². The Labute approximate surface area is 129 Å². The molecule has 2 aromatic heterocycles. The number of imidazole rings is 1. The van der Waals surface area contributed by atoms with E-state index in [0.717, 1.165) is 16.9 Å². The normalized spacial score (nSPS) is 11.0. The third-order valence-electron chi connectivity index (χ3n) is 3.42. The van der Waals surface area contributed by atoms with Crippen molar-refractivity contribution >= 4 is 22.7 Å². The summed E-state index contributed by atoms with van der Waals surface area (Å²) in [7, 11) is 1.68. The van der Waals surface area contributed by atoms with Crippen LogP contribution in [0.2, 0.25) is 0 Å². The molecule has 1 N–H and O–H groups in total. The minimum Gasteiger partial charge on any atom is -0.383 e. The minimum atomic E-state index is 0.620. The van der Waals surface area contributed by atoms with E-state index in [0.29, 0.717) is 19.0 Å². The summed E-state index contributed by atoms with van der Waals surface area (Å²) in [6.45, 7) is 5.49. The van der Waals surface area contributed by atoms with Gasteiger partial charge in [0.25, 0.3) is 0 Å². The first-order valence-corrected chi connectivity index (χ1v) is 7.17. The number of aryl methyl sites for hydroxylation is 2. The molecule has 0 amide bonds. The smallest absolute Gasteiger partial charge is 0.165 e. The molecule has 6 nitrogen and oxygen atoms in total. The van der Waals surface area contributed by atoms with Gasteiger partial charge in [-0.3, -0.25) is 0 Å². The van der Waals surface area contributed by atoms with E-state index in [9.17, 15) is 0 Å². The number of methoxy groups -OCH3 is 1. The summed E-state index contributed by atoms with van der Waals surface area (Å²) in [6.07, 6.45) is 3.32. The molecule has 114 valence electrons. The van der Waals surface area contributed by atoms with Crippen molar-refractivity contribution in [3.63, 3.8) is 0 Å². The van der Waals surface area contributed by atoms with E-state index >= 15 is 0 Å². The SMILES string of the molecule is COCCn1cnc2c(Nc3cc(C)cc(C)c3)ncnc21. The highest BCUT2D eigenvalue weighted by Gasteiger charge is 2.10. The number of hydrogen-bond acceptors (Lipinski definition) is 5. The number of benzene rings is 1. The number of nitrogens with zero attached hydrogens (tertiary/aromatic N) is 4. The third kappa shape index (κ3) is 2.92. The van der Waals surface area contributed by atoms with Crippen LogP contribution in [-0.4, -0.2) is 33.2 Å². The lowest BCUT2D eigenvalue weighted by Crippen LogP contribution is -2.04. The minimum absolute atomic E-state index is 0.620. The maximum Gasteiger partial charge on any atom is 0.165 e. The van der Waals surface area contributed by atoms with Gasteiger partial charge in [0.2, 0.25) is 0 Å². The van der Waals surface area contributed by atoms with Crippen molar-refractivity contribution in [2.24, 2.45) is 0 Å². The Hall–Kier alpha value is -2.47. The van der Waals surface area contributed by atoms with Crippen molar-refractivity contribution in [3.05, 3.63) is 42.0 Å². The van der Waals surface area contributed by atoms with Crippen LogP contribution in [0.4, 0.5) is 11.5 Å². The molecule has 0 bridgehead atoms. The van der Waals surface area contributed by atoms with Gasteiger partial charge in [0.05, 0.1) is 12.9 Å². The van der Waals surface area contributed by atoms with Crippen molar-refractivity contribution in [2.75, 3.05) is 19.0 Å². The largest absolute Gasteiger partial charge is 0.383 e. The van der Waals surface area contributed by atoms with Crippen LogP contribution in [0.1, 0.15) is 11.1 Å². The van der Waals surface area contributed by atoms with Crippen molar-refractivity contribution in [2.45, 2.75) is 20.4 Å². The Morgan fingerprint density at radius 3 is 2.59 bits per heavy atom. The highest BCUT2D eigenvalue weighted by Crippen LogP contribution is 2.23. The molecule has 6 heteroatoms. The molecule has 0 fully saturated rings. The predicted molar refractivity (Wildman–Crippen MR) is 86.4 cm³/mol. The van der Waals surface area contributed by atoms with Gasteiger partial charge in [-0.25, -0.2) is 15.0 Å². The molecule has 22 heavy (non-hydrogen) atoms. The van der Waals surface area contributed by atoms with Crippen molar-refractivity contribution in [3.8, 4) is 0 Å². The fourth-order valence-corrected chi connectivity index (χ4v) is 2.51. The number of aromatic nitrogens is 4. The average Bonchev–Trinajstić information content (AvgIpc) is 2.88. The summed E-state index contributed by atoms with van der Waals surface area (Å²) in [5, 5.41) is 3.34. The molecule has 1 aromatic carbocycles. The molecule has 0 radical (unpaired) electrons. The highest BCUT2D eigenvalue weighted by molar-refractivity contribution is 5.85. The van der Waals surface area contributed by atoms with Crippen LogP contribution in [0, 0.1) is 13.8 Å². The lowest BCUT2D eigenvalue weighted by molar-refractivity contribution is 0.188. The Bertz CT molecular complexity index is 776. The maximum absolute atomic E-state index is 5.11. The lowest BCUT2D eigenvalue weighted by Gasteiger charge is -2.08. The van der Waals surface area contributed by atoms with Gasteiger partial charge in [-0.05, 0) is 37.1 Å². The number of rotatable bonds is 5. The van der Waals surface area contributed by atoms with Crippen LogP contribution in [0.25, 0.3) is 11.2 Å².